The van der Waals surface area contributed by atoms with Crippen molar-refractivity contribution in [2.45, 2.75) is 200 Å². The van der Waals surface area contributed by atoms with Crippen LogP contribution in [0.25, 0.3) is 0 Å². The van der Waals surface area contributed by atoms with Crippen LogP contribution in [0.1, 0.15) is 194 Å². The zero-order valence-corrected chi connectivity index (χ0v) is 36.4. The van der Waals surface area contributed by atoms with E-state index >= 15 is 0 Å². The van der Waals surface area contributed by atoms with Crippen LogP contribution in [-0.4, -0.2) is 75.6 Å². The number of phosphoric ester groups is 1. The zero-order valence-electron chi connectivity index (χ0n) is 35.5. The maximum Gasteiger partial charge on any atom is 0.472 e. The number of nitrogens with zero attached hydrogens (tertiary/aromatic N) is 1. The number of carbonyl (C=O) groups is 1. The van der Waals surface area contributed by atoms with Gasteiger partial charge >= 0.3 is 13.8 Å². The van der Waals surface area contributed by atoms with Gasteiger partial charge in [0.25, 0.3) is 0 Å². The molecule has 0 aromatic rings. The van der Waals surface area contributed by atoms with Gasteiger partial charge in [-0.3, -0.25) is 13.8 Å². The standard InChI is InChI=1S/C44H86NO7P/c1-6-8-10-12-14-16-18-20-22-23-25-27-29-31-33-35-37-44(46)52-43(42-51-53(47,48)50-40-38-45(3,4)5)41-49-39-36-34-32-30-28-26-24-21-19-17-15-13-11-9-7-2/h16,18,22-23,43H,6-15,17,19-21,24-42H2,1-5H3/p+1/b18-16-,23-22-. The molecule has 0 saturated heterocycles. The molecule has 0 saturated carbocycles. The Balaban J connectivity index is 4.25. The minimum atomic E-state index is -4.27. The lowest BCUT2D eigenvalue weighted by Crippen LogP contribution is -2.37. The van der Waals surface area contributed by atoms with E-state index in [1.807, 2.05) is 21.1 Å². The molecule has 0 aliphatic carbocycles. The molecule has 9 heteroatoms. The monoisotopic (exact) mass is 773 g/mol. The highest BCUT2D eigenvalue weighted by Crippen LogP contribution is 2.43. The average molecular weight is 773 g/mol. The summed E-state index contributed by atoms with van der Waals surface area (Å²) < 4.78 is 35.0. The van der Waals surface area contributed by atoms with E-state index in [4.69, 9.17) is 18.5 Å². The van der Waals surface area contributed by atoms with Crippen molar-refractivity contribution in [2.75, 3.05) is 54.1 Å². The van der Waals surface area contributed by atoms with Crippen LogP contribution in [0.15, 0.2) is 24.3 Å². The summed E-state index contributed by atoms with van der Waals surface area (Å²) >= 11 is 0. The molecule has 1 N–H and O–H groups in total. The van der Waals surface area contributed by atoms with Crippen LogP contribution in [0.5, 0.6) is 0 Å². The molecule has 0 radical (unpaired) electrons. The van der Waals surface area contributed by atoms with Gasteiger partial charge in [-0.15, -0.1) is 0 Å². The van der Waals surface area contributed by atoms with Crippen LogP contribution in [0.4, 0.5) is 0 Å². The first kappa shape index (κ1) is 52.0. The third-order valence-corrected chi connectivity index (χ3v) is 10.5. The molecule has 2 unspecified atom stereocenters. The molecule has 314 valence electrons. The van der Waals surface area contributed by atoms with Crippen molar-refractivity contribution < 1.29 is 37.3 Å². The predicted molar refractivity (Wildman–Crippen MR) is 224 cm³/mol. The van der Waals surface area contributed by atoms with Crippen LogP contribution < -0.4 is 0 Å². The molecule has 0 heterocycles. The van der Waals surface area contributed by atoms with Crippen molar-refractivity contribution >= 4 is 13.8 Å². The molecule has 2 atom stereocenters. The number of carbonyl (C=O) groups excluding carboxylic acids is 1. The number of phosphoric acid groups is 1. The molecule has 0 aliphatic heterocycles. The van der Waals surface area contributed by atoms with Gasteiger partial charge in [0.05, 0.1) is 34.4 Å². The van der Waals surface area contributed by atoms with Crippen LogP contribution in [0, 0.1) is 0 Å². The van der Waals surface area contributed by atoms with Crippen molar-refractivity contribution in [3.63, 3.8) is 0 Å². The molecule has 0 rings (SSSR count). The Labute approximate surface area is 328 Å². The smallest absolute Gasteiger partial charge is 0.457 e. The summed E-state index contributed by atoms with van der Waals surface area (Å²) in [6.07, 6.45) is 42.0. The fraction of sp³-hybridized carbons (Fsp3) is 0.886. The molecule has 0 spiro atoms. The molecule has 53 heavy (non-hydrogen) atoms. The van der Waals surface area contributed by atoms with Gasteiger partial charge in [-0.1, -0.05) is 167 Å². The fourth-order valence-electron chi connectivity index (χ4n) is 6.05. The Hall–Kier alpha value is -1.02. The first-order valence-electron chi connectivity index (χ1n) is 22.1. The van der Waals surface area contributed by atoms with Gasteiger partial charge in [0.15, 0.2) is 0 Å². The second kappa shape index (κ2) is 37.9. The number of quaternary nitrogens is 1. The number of hydrogen-bond donors (Lipinski definition) is 1. The van der Waals surface area contributed by atoms with E-state index in [1.165, 1.54) is 116 Å². The topological polar surface area (TPSA) is 91.3 Å². The summed E-state index contributed by atoms with van der Waals surface area (Å²) in [5.74, 6) is -0.325. The fourth-order valence-corrected chi connectivity index (χ4v) is 6.79. The second-order valence-corrected chi connectivity index (χ2v) is 17.5. The van der Waals surface area contributed by atoms with E-state index in [1.54, 1.807) is 0 Å². The number of likely N-dealkylation sites (N-methyl/N-ethyl adjacent to an activating group) is 1. The molecular weight excluding hydrogens is 685 g/mol. The quantitative estimate of drug-likeness (QED) is 0.0217. The lowest BCUT2D eigenvalue weighted by molar-refractivity contribution is -0.870. The van der Waals surface area contributed by atoms with Crippen molar-refractivity contribution in [3.05, 3.63) is 24.3 Å². The molecule has 0 aromatic heterocycles. The van der Waals surface area contributed by atoms with Crippen molar-refractivity contribution in [2.24, 2.45) is 0 Å². The Morgan fingerprint density at radius 2 is 1.04 bits per heavy atom. The molecule has 8 nitrogen and oxygen atoms in total. The SMILES string of the molecule is CCCCCC/C=C\C/C=C\CCCCCCCC(=O)OC(COCCCCCCCCCCCCCCCCC)COP(=O)(O)OCC[N+](C)(C)C. The number of unbranched alkanes of at least 4 members (excludes halogenated alkanes) is 23. The first-order chi connectivity index (χ1) is 25.6. The number of allylic oxidation sites excluding steroid dienone is 4. The minimum absolute atomic E-state index is 0.0876. The van der Waals surface area contributed by atoms with Crippen LogP contribution >= 0.6 is 7.82 Å². The van der Waals surface area contributed by atoms with Gasteiger partial charge in [-0.2, -0.15) is 0 Å². The van der Waals surface area contributed by atoms with Crippen molar-refractivity contribution in [3.8, 4) is 0 Å². The van der Waals surface area contributed by atoms with E-state index < -0.39 is 13.9 Å². The highest BCUT2D eigenvalue weighted by atomic mass is 31.2. The lowest BCUT2D eigenvalue weighted by Gasteiger charge is -2.24. The van der Waals surface area contributed by atoms with Crippen LogP contribution in [0.3, 0.4) is 0 Å². The molecule has 0 fully saturated rings. The van der Waals surface area contributed by atoms with Crippen molar-refractivity contribution in [1.82, 2.24) is 0 Å². The van der Waals surface area contributed by atoms with Crippen LogP contribution in [0.2, 0.25) is 0 Å². The maximum atomic E-state index is 12.7. The van der Waals surface area contributed by atoms with Crippen LogP contribution in [-0.2, 0) is 27.9 Å². The Morgan fingerprint density at radius 3 is 1.55 bits per heavy atom. The molecule has 0 aromatic carbocycles. The lowest BCUT2D eigenvalue weighted by atomic mass is 10.0. The summed E-state index contributed by atoms with van der Waals surface area (Å²) in [5.41, 5.74) is 0. The van der Waals surface area contributed by atoms with E-state index in [0.29, 0.717) is 24.1 Å². The molecule has 0 aliphatic rings. The Bertz CT molecular complexity index is 905. The molecule has 0 bridgehead atoms. The summed E-state index contributed by atoms with van der Waals surface area (Å²) in [4.78, 5) is 22.9. The number of rotatable bonds is 41. The largest absolute Gasteiger partial charge is 0.472 e. The zero-order chi connectivity index (χ0) is 39.1. The minimum Gasteiger partial charge on any atom is -0.457 e. The maximum absolute atomic E-state index is 12.7. The normalized spacial score (nSPS) is 14.0. The summed E-state index contributed by atoms with van der Waals surface area (Å²) in [7, 11) is 1.66. The van der Waals surface area contributed by atoms with Crippen molar-refractivity contribution in [1.29, 1.82) is 0 Å². The van der Waals surface area contributed by atoms with Gasteiger partial charge in [0.2, 0.25) is 0 Å². The Kier molecular flexibility index (Phi) is 37.2. The van der Waals surface area contributed by atoms with E-state index in [2.05, 4.69) is 38.2 Å². The highest BCUT2D eigenvalue weighted by molar-refractivity contribution is 7.47. The number of esters is 1. The highest BCUT2D eigenvalue weighted by Gasteiger charge is 2.26. The Morgan fingerprint density at radius 1 is 0.585 bits per heavy atom. The summed E-state index contributed by atoms with van der Waals surface area (Å²) in [5, 5.41) is 0. The third-order valence-electron chi connectivity index (χ3n) is 9.52. The van der Waals surface area contributed by atoms with Gasteiger partial charge in [0, 0.05) is 13.0 Å². The van der Waals surface area contributed by atoms with E-state index in [0.717, 1.165) is 57.8 Å². The average Bonchev–Trinajstić information content (AvgIpc) is 3.11. The van der Waals surface area contributed by atoms with Gasteiger partial charge in [0.1, 0.15) is 19.3 Å². The third kappa shape index (κ3) is 42.0. The summed E-state index contributed by atoms with van der Waals surface area (Å²) in [6.45, 7) is 5.61. The predicted octanol–water partition coefficient (Wildman–Crippen LogP) is 12.8. The van der Waals surface area contributed by atoms with Gasteiger partial charge in [-0.05, 0) is 44.9 Å². The number of hydrogen-bond acceptors (Lipinski definition) is 6. The second-order valence-electron chi connectivity index (χ2n) is 16.1. The van der Waals surface area contributed by atoms with E-state index in [-0.39, 0.29) is 25.8 Å². The molecular formula is C44H87NO7P+. The summed E-state index contributed by atoms with van der Waals surface area (Å²) in [6, 6.07) is 0. The van der Waals surface area contributed by atoms with Gasteiger partial charge in [-0.25, -0.2) is 4.57 Å². The molecule has 0 amide bonds. The van der Waals surface area contributed by atoms with Gasteiger partial charge < -0.3 is 18.9 Å². The first-order valence-corrected chi connectivity index (χ1v) is 23.6. The van der Waals surface area contributed by atoms with E-state index in [9.17, 15) is 14.3 Å². The number of ether oxygens (including phenoxy) is 2.